The lowest BCUT2D eigenvalue weighted by molar-refractivity contribution is -0.139. The molecule has 1 unspecified atom stereocenters. The number of benzene rings is 1. The zero-order valence-corrected chi connectivity index (χ0v) is 33.3. The van der Waals surface area contributed by atoms with Crippen LogP contribution < -0.4 is 21.3 Å². The van der Waals surface area contributed by atoms with Crippen molar-refractivity contribution < 1.29 is 38.2 Å². The van der Waals surface area contributed by atoms with Gasteiger partial charge < -0.3 is 30.3 Å². The van der Waals surface area contributed by atoms with Gasteiger partial charge in [0.2, 0.25) is 17.7 Å². The number of nitrogens with one attached hydrogen (secondary N) is 4. The Hall–Kier alpha value is -6.33. The number of ketones is 1. The number of likely N-dealkylation sites (N-methyl/N-ethyl adjacent to an activating group) is 1. The average Bonchev–Trinajstić information content (AvgIpc) is 4.01. The molecule has 4 N–H and O–H groups in total. The molecule has 17 heteroatoms. The fourth-order valence-electron chi connectivity index (χ4n) is 7.82. The smallest absolute Gasteiger partial charge is 0.264 e. The highest BCUT2D eigenvalue weighted by molar-refractivity contribution is 6.25. The van der Waals surface area contributed by atoms with Gasteiger partial charge in [-0.05, 0) is 68.4 Å². The maximum atomic E-state index is 13.5. The van der Waals surface area contributed by atoms with Crippen molar-refractivity contribution in [1.29, 1.82) is 0 Å². The van der Waals surface area contributed by atoms with Gasteiger partial charge in [0.25, 0.3) is 11.8 Å². The molecule has 2 aliphatic heterocycles. The Morgan fingerprint density at radius 3 is 2.53 bits per heavy atom. The van der Waals surface area contributed by atoms with Gasteiger partial charge in [-0.2, -0.15) is 0 Å². The van der Waals surface area contributed by atoms with E-state index in [2.05, 4.69) is 36.2 Å². The monoisotopic (exact) mass is 817 g/mol. The number of fused-ring (bicyclic) bond motifs is 2. The Morgan fingerprint density at radius 1 is 0.917 bits per heavy atom. The minimum Gasteiger partial charge on any atom is -0.382 e. The number of carbonyl (C=O) groups excluding carboxylic acids is 6. The molecule has 0 bridgehead atoms. The van der Waals surface area contributed by atoms with Crippen LogP contribution in [0, 0.1) is 11.8 Å². The van der Waals surface area contributed by atoms with Crippen LogP contribution in [0.4, 0.5) is 23.0 Å². The molecule has 2 aliphatic carbocycles. The van der Waals surface area contributed by atoms with Crippen molar-refractivity contribution in [3.8, 4) is 0 Å². The van der Waals surface area contributed by atoms with Crippen LogP contribution in [0.15, 0.2) is 61.1 Å². The molecular formula is C43H47N9O8. The first-order valence-corrected chi connectivity index (χ1v) is 20.4. The molecule has 4 aliphatic rings. The van der Waals surface area contributed by atoms with Crippen molar-refractivity contribution in [3.05, 3.63) is 77.7 Å². The van der Waals surface area contributed by atoms with Crippen molar-refractivity contribution >= 4 is 69.2 Å². The van der Waals surface area contributed by atoms with Crippen molar-refractivity contribution in [2.75, 3.05) is 62.5 Å². The van der Waals surface area contributed by atoms with Crippen LogP contribution in [0.5, 0.6) is 0 Å². The van der Waals surface area contributed by atoms with E-state index in [4.69, 9.17) is 9.47 Å². The second-order valence-corrected chi connectivity index (χ2v) is 15.7. The summed E-state index contributed by atoms with van der Waals surface area (Å²) in [5.74, 6) is -0.922. The fourth-order valence-corrected chi connectivity index (χ4v) is 7.82. The van der Waals surface area contributed by atoms with Crippen molar-refractivity contribution in [2.24, 2.45) is 11.8 Å². The van der Waals surface area contributed by atoms with E-state index in [-0.39, 0.29) is 47.5 Å². The van der Waals surface area contributed by atoms with Crippen LogP contribution in [0.3, 0.4) is 0 Å². The first kappa shape index (κ1) is 40.4. The summed E-state index contributed by atoms with van der Waals surface area (Å²) in [6.45, 7) is 2.07. The molecule has 60 heavy (non-hydrogen) atoms. The summed E-state index contributed by atoms with van der Waals surface area (Å²) in [7, 11) is 1.76. The molecule has 4 aromatic rings. The lowest BCUT2D eigenvalue weighted by Gasteiger charge is -2.36. The number of pyridine rings is 3. The number of piperidine rings is 1. The number of hydrogen-bond donors (Lipinski definition) is 4. The molecule has 3 fully saturated rings. The number of rotatable bonds is 19. The van der Waals surface area contributed by atoms with E-state index in [0.717, 1.165) is 34.3 Å². The van der Waals surface area contributed by atoms with Crippen LogP contribution in [0.2, 0.25) is 0 Å². The minimum absolute atomic E-state index is 0.0118. The number of aromatic nitrogens is 3. The van der Waals surface area contributed by atoms with E-state index < -0.39 is 29.7 Å². The number of hydrogen-bond acceptors (Lipinski definition) is 14. The first-order chi connectivity index (χ1) is 29.1. The lowest BCUT2D eigenvalue weighted by Crippen LogP contribution is -2.54. The minimum atomic E-state index is -1.03. The van der Waals surface area contributed by atoms with E-state index in [1.165, 1.54) is 0 Å². The van der Waals surface area contributed by atoms with Crippen molar-refractivity contribution in [2.45, 2.75) is 57.0 Å². The Bertz CT molecular complexity index is 2330. The maximum Gasteiger partial charge on any atom is 0.264 e. The lowest BCUT2D eigenvalue weighted by atomic mass is 9.71. The molecule has 8 rings (SSSR count). The van der Waals surface area contributed by atoms with Crippen LogP contribution >= 0.6 is 0 Å². The van der Waals surface area contributed by atoms with Gasteiger partial charge in [0.1, 0.15) is 17.7 Å². The third kappa shape index (κ3) is 9.11. The summed E-state index contributed by atoms with van der Waals surface area (Å²) in [5.41, 5.74) is 2.99. The van der Waals surface area contributed by atoms with Crippen LogP contribution in [0.25, 0.3) is 10.9 Å². The largest absolute Gasteiger partial charge is 0.382 e. The average molecular weight is 818 g/mol. The third-order valence-electron chi connectivity index (χ3n) is 11.3. The van der Waals surface area contributed by atoms with Gasteiger partial charge in [-0.15, -0.1) is 0 Å². The summed E-state index contributed by atoms with van der Waals surface area (Å²) in [5, 5.41) is 13.0. The first-order valence-electron chi connectivity index (χ1n) is 20.4. The summed E-state index contributed by atoms with van der Waals surface area (Å²) >= 11 is 0. The number of nitrogens with zero attached hydrogens (tertiary/aromatic N) is 5. The van der Waals surface area contributed by atoms with E-state index in [9.17, 15) is 28.8 Å². The van der Waals surface area contributed by atoms with Gasteiger partial charge in [-0.1, -0.05) is 6.07 Å². The van der Waals surface area contributed by atoms with Crippen LogP contribution in [0.1, 0.15) is 76.0 Å². The molecule has 0 radical (unpaired) electrons. The molecule has 312 valence electrons. The van der Waals surface area contributed by atoms with Crippen molar-refractivity contribution in [3.63, 3.8) is 0 Å². The number of Topliss-reactive ketones (excluding diaryl/α,β-unsaturated/α-hetero) is 1. The molecule has 5 amide bonds. The van der Waals surface area contributed by atoms with Crippen molar-refractivity contribution in [1.82, 2.24) is 30.1 Å². The highest BCUT2D eigenvalue weighted by Crippen LogP contribution is 2.39. The molecule has 2 saturated carbocycles. The highest BCUT2D eigenvalue weighted by Gasteiger charge is 2.45. The fraction of sp³-hybridized carbons (Fsp3) is 0.419. The summed E-state index contributed by atoms with van der Waals surface area (Å²) in [4.78, 5) is 92.8. The summed E-state index contributed by atoms with van der Waals surface area (Å²) in [6.07, 6.45) is 9.02. The van der Waals surface area contributed by atoms with Gasteiger partial charge >= 0.3 is 0 Å². The number of ether oxygens (including phenoxy) is 2. The SMILES string of the molecule is CN(CCOCCOCCNc1cccc2c1C(=O)N(C1CCC(=O)NC1=O)C2=O)C(=O)C1CC(CC(=O)c2cnc(Nc3ccc4cnccc4n3)cc2NC2CC2)C1. The molecule has 1 atom stereocenters. The van der Waals surface area contributed by atoms with E-state index in [1.54, 1.807) is 48.7 Å². The Kier molecular flexibility index (Phi) is 12.1. The van der Waals surface area contributed by atoms with E-state index in [0.29, 0.717) is 87.7 Å². The number of imide groups is 2. The molecule has 1 aromatic carbocycles. The Balaban J connectivity index is 0.715. The molecule has 17 nitrogen and oxygen atoms in total. The highest BCUT2D eigenvalue weighted by atomic mass is 16.5. The molecule has 3 aromatic heterocycles. The number of amides is 5. The van der Waals surface area contributed by atoms with Gasteiger partial charge in [-0.25, -0.2) is 9.97 Å². The maximum absolute atomic E-state index is 13.5. The molecule has 5 heterocycles. The molecule has 0 spiro atoms. The van der Waals surface area contributed by atoms with Crippen LogP contribution in [-0.4, -0.2) is 119 Å². The zero-order valence-electron chi connectivity index (χ0n) is 33.3. The second kappa shape index (κ2) is 17.9. The summed E-state index contributed by atoms with van der Waals surface area (Å²) in [6, 6.07) is 11.7. The van der Waals surface area contributed by atoms with Gasteiger partial charge in [0.05, 0.1) is 54.3 Å². The quantitative estimate of drug-likeness (QED) is 0.0600. The van der Waals surface area contributed by atoms with E-state index in [1.807, 2.05) is 24.3 Å². The van der Waals surface area contributed by atoms with E-state index >= 15 is 0 Å². The number of carbonyl (C=O) groups is 6. The number of anilines is 4. The van der Waals surface area contributed by atoms with Gasteiger partial charge in [0, 0.05) is 80.7 Å². The third-order valence-corrected chi connectivity index (χ3v) is 11.3. The molecule has 1 saturated heterocycles. The predicted octanol–water partition coefficient (Wildman–Crippen LogP) is 3.95. The normalized spacial score (nSPS) is 19.8. The van der Waals surface area contributed by atoms with Gasteiger partial charge in [-0.3, -0.25) is 44.0 Å². The molecular weight excluding hydrogens is 771 g/mol. The zero-order chi connectivity index (χ0) is 41.8. The predicted molar refractivity (Wildman–Crippen MR) is 220 cm³/mol. The topological polar surface area (TPSA) is 214 Å². The summed E-state index contributed by atoms with van der Waals surface area (Å²) < 4.78 is 11.4. The Labute approximate surface area is 346 Å². The van der Waals surface area contributed by atoms with Gasteiger partial charge in [0.15, 0.2) is 5.78 Å². The Morgan fingerprint density at radius 2 is 1.73 bits per heavy atom. The van der Waals surface area contributed by atoms with Crippen LogP contribution in [-0.2, 0) is 23.9 Å². The standard InChI is InChI=1S/C43H47N9O8/c1-51(14-16-60-18-17-59-15-13-45-32-4-2-3-29-39(32)43(58)52(42(29)57)34-8-10-38(54)50-40(34)55)41(56)27-19-25(20-27)21-35(53)30-24-46-37(22-33(30)47-28-6-7-28)49-36-9-5-26-23-44-12-11-31(26)48-36/h2-5,9,11-12,22-25,27-28,34,45H,6-8,10,13-21H2,1H3,(H,50,54,55)(H2,46,47,48,49). The second-order valence-electron chi connectivity index (χ2n) is 15.7.